The van der Waals surface area contributed by atoms with Crippen LogP contribution in [0.2, 0.25) is 0 Å². The van der Waals surface area contributed by atoms with Gasteiger partial charge in [0.1, 0.15) is 5.54 Å². The first-order valence-corrected chi connectivity index (χ1v) is 8.05. The van der Waals surface area contributed by atoms with Crippen LogP contribution in [0, 0.1) is 23.2 Å². The average molecular weight is 263 g/mol. The van der Waals surface area contributed by atoms with Crippen LogP contribution in [0.5, 0.6) is 0 Å². The van der Waals surface area contributed by atoms with Crippen molar-refractivity contribution in [3.63, 3.8) is 0 Å². The average Bonchev–Trinajstić information content (AvgIpc) is 3.14. The maximum atomic E-state index is 9.68. The van der Waals surface area contributed by atoms with E-state index in [0.29, 0.717) is 5.92 Å². The maximum Gasteiger partial charge on any atom is 0.122 e. The maximum absolute atomic E-state index is 9.68. The summed E-state index contributed by atoms with van der Waals surface area (Å²) in [5.74, 6) is 1.45. The fourth-order valence-electron chi connectivity index (χ4n) is 3.54. The van der Waals surface area contributed by atoms with E-state index in [2.05, 4.69) is 30.3 Å². The van der Waals surface area contributed by atoms with Crippen LogP contribution in [0.15, 0.2) is 0 Å². The van der Waals surface area contributed by atoms with Crippen molar-refractivity contribution in [3.05, 3.63) is 0 Å². The molecule has 19 heavy (non-hydrogen) atoms. The van der Waals surface area contributed by atoms with E-state index in [1.54, 1.807) is 0 Å². The van der Waals surface area contributed by atoms with Gasteiger partial charge < -0.3 is 4.90 Å². The van der Waals surface area contributed by atoms with E-state index in [9.17, 15) is 5.26 Å². The van der Waals surface area contributed by atoms with Gasteiger partial charge in [-0.2, -0.15) is 5.26 Å². The molecular weight excluding hydrogens is 234 g/mol. The Morgan fingerprint density at radius 1 is 1.26 bits per heavy atom. The van der Waals surface area contributed by atoms with Crippen molar-refractivity contribution in [2.24, 2.45) is 11.8 Å². The molecule has 0 heterocycles. The quantitative estimate of drug-likeness (QED) is 0.732. The lowest BCUT2D eigenvalue weighted by Gasteiger charge is -2.33. The Balaban J connectivity index is 1.88. The zero-order chi connectivity index (χ0) is 13.7. The third kappa shape index (κ3) is 3.94. The number of nitrogens with one attached hydrogen (secondary N) is 1. The Labute approximate surface area is 118 Å². The van der Waals surface area contributed by atoms with Crippen LogP contribution in [0.1, 0.15) is 51.9 Å². The number of hydrogen-bond donors (Lipinski definition) is 1. The summed E-state index contributed by atoms with van der Waals surface area (Å²) in [6, 6.07) is 2.62. The van der Waals surface area contributed by atoms with Crippen LogP contribution in [-0.4, -0.2) is 37.1 Å². The number of hydrogen-bond acceptors (Lipinski definition) is 3. The molecule has 1 atom stereocenters. The molecule has 0 aromatic carbocycles. The third-order valence-corrected chi connectivity index (χ3v) is 4.73. The normalized spacial score (nSPS) is 23.5. The van der Waals surface area contributed by atoms with Crippen LogP contribution in [0.25, 0.3) is 0 Å². The number of likely N-dealkylation sites (N-methyl/N-ethyl adjacent to an activating group) is 1. The van der Waals surface area contributed by atoms with Gasteiger partial charge in [0.25, 0.3) is 0 Å². The Morgan fingerprint density at radius 2 is 1.95 bits per heavy atom. The summed E-state index contributed by atoms with van der Waals surface area (Å²) in [7, 11) is 2.19. The van der Waals surface area contributed by atoms with Crippen LogP contribution in [0.4, 0.5) is 0 Å². The van der Waals surface area contributed by atoms with Crippen LogP contribution in [0.3, 0.4) is 0 Å². The first kappa shape index (κ1) is 14.8. The van der Waals surface area contributed by atoms with Gasteiger partial charge in [-0.3, -0.25) is 5.32 Å². The SMILES string of the molecule is CCCNC(C#N)(CN(C)CC1CCCC1)C1CC1. The second kappa shape index (κ2) is 6.72. The van der Waals surface area contributed by atoms with E-state index >= 15 is 0 Å². The molecule has 3 heteroatoms. The molecule has 0 bridgehead atoms. The summed E-state index contributed by atoms with van der Waals surface area (Å²) < 4.78 is 0. The molecule has 108 valence electrons. The van der Waals surface area contributed by atoms with E-state index < -0.39 is 0 Å². The minimum absolute atomic E-state index is 0.288. The predicted octanol–water partition coefficient (Wildman–Crippen LogP) is 2.78. The van der Waals surface area contributed by atoms with E-state index in [0.717, 1.165) is 25.4 Å². The molecule has 0 radical (unpaired) electrons. The standard InChI is InChI=1S/C16H29N3/c1-3-10-18-16(12-17,15-8-9-15)13-19(2)11-14-6-4-5-7-14/h14-15,18H,3-11,13H2,1-2H3. The highest BCUT2D eigenvalue weighted by Crippen LogP contribution is 2.40. The van der Waals surface area contributed by atoms with Gasteiger partial charge in [0.2, 0.25) is 0 Å². The van der Waals surface area contributed by atoms with E-state index in [4.69, 9.17) is 0 Å². The monoisotopic (exact) mass is 263 g/mol. The van der Waals surface area contributed by atoms with Crippen molar-refractivity contribution in [2.75, 3.05) is 26.7 Å². The van der Waals surface area contributed by atoms with Gasteiger partial charge in [-0.1, -0.05) is 19.8 Å². The second-order valence-electron chi connectivity index (χ2n) is 6.63. The molecule has 2 rings (SSSR count). The minimum Gasteiger partial charge on any atom is -0.303 e. The molecule has 3 nitrogen and oxygen atoms in total. The minimum atomic E-state index is -0.288. The molecule has 2 aliphatic rings. The number of nitrogens with zero attached hydrogens (tertiary/aromatic N) is 2. The van der Waals surface area contributed by atoms with Crippen LogP contribution >= 0.6 is 0 Å². The molecular formula is C16H29N3. The largest absolute Gasteiger partial charge is 0.303 e. The van der Waals surface area contributed by atoms with Gasteiger partial charge in [-0.25, -0.2) is 0 Å². The van der Waals surface area contributed by atoms with Crippen molar-refractivity contribution in [3.8, 4) is 6.07 Å². The smallest absolute Gasteiger partial charge is 0.122 e. The summed E-state index contributed by atoms with van der Waals surface area (Å²) in [4.78, 5) is 2.40. The lowest BCUT2D eigenvalue weighted by atomic mass is 9.93. The molecule has 0 spiro atoms. The molecule has 1 unspecified atom stereocenters. The summed E-state index contributed by atoms with van der Waals surface area (Å²) >= 11 is 0. The summed E-state index contributed by atoms with van der Waals surface area (Å²) in [6.07, 6.45) is 9.12. The Kier molecular flexibility index (Phi) is 5.24. The van der Waals surface area contributed by atoms with Crippen LogP contribution < -0.4 is 5.32 Å². The van der Waals surface area contributed by atoms with Crippen molar-refractivity contribution < 1.29 is 0 Å². The lowest BCUT2D eigenvalue weighted by molar-refractivity contribution is 0.203. The van der Waals surface area contributed by atoms with Gasteiger partial charge in [0.05, 0.1) is 6.07 Å². The molecule has 0 saturated heterocycles. The van der Waals surface area contributed by atoms with Crippen LogP contribution in [-0.2, 0) is 0 Å². The van der Waals surface area contributed by atoms with Gasteiger partial charge in [0, 0.05) is 13.1 Å². The highest BCUT2D eigenvalue weighted by molar-refractivity contribution is 5.16. The lowest BCUT2D eigenvalue weighted by Crippen LogP contribution is -2.54. The topological polar surface area (TPSA) is 39.1 Å². The summed E-state index contributed by atoms with van der Waals surface area (Å²) in [5, 5.41) is 13.2. The summed E-state index contributed by atoms with van der Waals surface area (Å²) in [6.45, 7) is 5.19. The Morgan fingerprint density at radius 3 is 2.47 bits per heavy atom. The van der Waals surface area contributed by atoms with Crippen molar-refractivity contribution in [2.45, 2.75) is 57.4 Å². The Bertz CT molecular complexity index is 312. The van der Waals surface area contributed by atoms with Gasteiger partial charge >= 0.3 is 0 Å². The fraction of sp³-hybridized carbons (Fsp3) is 0.938. The first-order chi connectivity index (χ1) is 9.20. The molecule has 0 aliphatic heterocycles. The van der Waals surface area contributed by atoms with E-state index in [1.807, 2.05) is 0 Å². The number of rotatable bonds is 8. The molecule has 2 fully saturated rings. The predicted molar refractivity (Wildman–Crippen MR) is 78.8 cm³/mol. The summed E-state index contributed by atoms with van der Waals surface area (Å²) in [5.41, 5.74) is -0.288. The van der Waals surface area contributed by atoms with Crippen molar-refractivity contribution in [1.29, 1.82) is 5.26 Å². The molecule has 2 saturated carbocycles. The Hall–Kier alpha value is -0.590. The molecule has 0 aromatic rings. The van der Waals surface area contributed by atoms with Gasteiger partial charge in [-0.15, -0.1) is 0 Å². The highest BCUT2D eigenvalue weighted by atomic mass is 15.2. The van der Waals surface area contributed by atoms with E-state index in [-0.39, 0.29) is 5.54 Å². The fourth-order valence-corrected chi connectivity index (χ4v) is 3.54. The third-order valence-electron chi connectivity index (χ3n) is 4.73. The van der Waals surface area contributed by atoms with Gasteiger partial charge in [0.15, 0.2) is 0 Å². The second-order valence-corrected chi connectivity index (χ2v) is 6.63. The molecule has 2 aliphatic carbocycles. The van der Waals surface area contributed by atoms with Gasteiger partial charge in [-0.05, 0) is 57.5 Å². The van der Waals surface area contributed by atoms with Crippen molar-refractivity contribution >= 4 is 0 Å². The highest BCUT2D eigenvalue weighted by Gasteiger charge is 2.46. The van der Waals surface area contributed by atoms with Crippen molar-refractivity contribution in [1.82, 2.24) is 10.2 Å². The van der Waals surface area contributed by atoms with E-state index in [1.165, 1.54) is 45.1 Å². The number of nitriles is 1. The molecule has 1 N–H and O–H groups in total. The molecule has 0 amide bonds. The zero-order valence-electron chi connectivity index (χ0n) is 12.6. The molecule has 0 aromatic heterocycles. The zero-order valence-corrected chi connectivity index (χ0v) is 12.6. The first-order valence-electron chi connectivity index (χ1n) is 8.05.